The average Bonchev–Trinajstić information content (AvgIpc) is 2.63. The van der Waals surface area contributed by atoms with Crippen LogP contribution >= 0.6 is 22.6 Å². The molecular weight excluding hydrogens is 411 g/mol. The lowest BCUT2D eigenvalue weighted by molar-refractivity contribution is -0.0417. The number of hydrogen-bond acceptors (Lipinski definition) is 2. The first-order valence-corrected chi connectivity index (χ1v) is 9.43. The zero-order chi connectivity index (χ0) is 17.0. The van der Waals surface area contributed by atoms with Gasteiger partial charge in [-0.25, -0.2) is 4.79 Å². The second-order valence-electron chi connectivity index (χ2n) is 6.25. The van der Waals surface area contributed by atoms with Gasteiger partial charge in [-0.15, -0.1) is 0 Å². The summed E-state index contributed by atoms with van der Waals surface area (Å²) >= 11 is 2.19. The molecule has 0 spiro atoms. The van der Waals surface area contributed by atoms with E-state index in [9.17, 15) is 4.79 Å². The fourth-order valence-corrected chi connectivity index (χ4v) is 3.93. The summed E-state index contributed by atoms with van der Waals surface area (Å²) in [6.45, 7) is 3.78. The number of hydrogen-bond donors (Lipinski definition) is 0. The maximum absolute atomic E-state index is 12.9. The Hall–Kier alpha value is -1.62. The third-order valence-electron chi connectivity index (χ3n) is 4.70. The molecule has 1 aliphatic carbocycles. The standard InChI is InChI=1S/C21H21IO2/c1-2-16-11-12-19(22)18(15-16)20(23)24-21(13-7-4-8-14-21)17-9-5-3-6-10-17/h2-3,5-6,9-12,15H,1,4,7-8,13-14H2. The molecule has 0 aliphatic heterocycles. The Kier molecular flexibility index (Phi) is 5.39. The third-order valence-corrected chi connectivity index (χ3v) is 5.64. The summed E-state index contributed by atoms with van der Waals surface area (Å²) in [5, 5.41) is 0. The Morgan fingerprint density at radius 1 is 1.08 bits per heavy atom. The molecule has 0 aromatic heterocycles. The van der Waals surface area contributed by atoms with Gasteiger partial charge in [-0.05, 0) is 71.5 Å². The van der Waals surface area contributed by atoms with E-state index in [0.717, 1.165) is 40.4 Å². The lowest BCUT2D eigenvalue weighted by atomic mass is 9.79. The predicted octanol–water partition coefficient (Wildman–Crippen LogP) is 5.95. The Morgan fingerprint density at radius 3 is 2.46 bits per heavy atom. The topological polar surface area (TPSA) is 26.3 Å². The zero-order valence-corrected chi connectivity index (χ0v) is 15.8. The largest absolute Gasteiger partial charge is 0.451 e. The number of rotatable bonds is 4. The van der Waals surface area contributed by atoms with Gasteiger partial charge in [-0.1, -0.05) is 55.5 Å². The lowest BCUT2D eigenvalue weighted by Gasteiger charge is -2.37. The molecule has 0 heterocycles. The molecule has 2 nitrogen and oxygen atoms in total. The molecule has 0 radical (unpaired) electrons. The van der Waals surface area contributed by atoms with Crippen LogP contribution < -0.4 is 0 Å². The van der Waals surface area contributed by atoms with Gasteiger partial charge in [0.25, 0.3) is 0 Å². The van der Waals surface area contributed by atoms with Gasteiger partial charge in [0.05, 0.1) is 5.56 Å². The van der Waals surface area contributed by atoms with E-state index in [1.807, 2.05) is 36.4 Å². The number of esters is 1. The molecule has 1 fully saturated rings. The van der Waals surface area contributed by atoms with Crippen LogP contribution in [0.5, 0.6) is 0 Å². The normalized spacial score (nSPS) is 16.4. The highest BCUT2D eigenvalue weighted by atomic mass is 127. The van der Waals surface area contributed by atoms with Crippen LogP contribution in [0.15, 0.2) is 55.1 Å². The van der Waals surface area contributed by atoms with E-state index in [0.29, 0.717) is 5.56 Å². The van der Waals surface area contributed by atoms with E-state index in [1.54, 1.807) is 6.08 Å². The fraction of sp³-hybridized carbons (Fsp3) is 0.286. The molecule has 0 amide bonds. The van der Waals surface area contributed by atoms with E-state index in [-0.39, 0.29) is 5.97 Å². The molecule has 3 rings (SSSR count). The molecule has 0 unspecified atom stereocenters. The maximum Gasteiger partial charge on any atom is 0.340 e. The van der Waals surface area contributed by atoms with Gasteiger partial charge >= 0.3 is 5.97 Å². The molecule has 124 valence electrons. The Labute approximate surface area is 157 Å². The van der Waals surface area contributed by atoms with Gasteiger partial charge in [0.15, 0.2) is 0 Å². The van der Waals surface area contributed by atoms with Crippen molar-refractivity contribution in [2.24, 2.45) is 0 Å². The van der Waals surface area contributed by atoms with Crippen LogP contribution in [-0.2, 0) is 10.3 Å². The van der Waals surface area contributed by atoms with Crippen LogP contribution in [0.3, 0.4) is 0 Å². The van der Waals surface area contributed by atoms with Crippen molar-refractivity contribution in [3.8, 4) is 0 Å². The summed E-state index contributed by atoms with van der Waals surface area (Å²) in [6, 6.07) is 15.9. The summed E-state index contributed by atoms with van der Waals surface area (Å²) in [6.07, 6.45) is 6.91. The predicted molar refractivity (Wildman–Crippen MR) is 106 cm³/mol. The quantitative estimate of drug-likeness (QED) is 0.441. The summed E-state index contributed by atoms with van der Waals surface area (Å²) in [4.78, 5) is 12.9. The Bertz CT molecular complexity index is 731. The van der Waals surface area contributed by atoms with Crippen LogP contribution in [-0.4, -0.2) is 5.97 Å². The van der Waals surface area contributed by atoms with Crippen molar-refractivity contribution in [2.45, 2.75) is 37.7 Å². The molecule has 0 saturated heterocycles. The van der Waals surface area contributed by atoms with Crippen LogP contribution in [0.2, 0.25) is 0 Å². The van der Waals surface area contributed by atoms with Crippen molar-refractivity contribution >= 4 is 34.6 Å². The summed E-state index contributed by atoms with van der Waals surface area (Å²) in [5.74, 6) is -0.242. The average molecular weight is 432 g/mol. The number of carbonyl (C=O) groups is 1. The van der Waals surface area contributed by atoms with E-state index in [2.05, 4.69) is 41.3 Å². The first kappa shape index (κ1) is 17.2. The van der Waals surface area contributed by atoms with E-state index < -0.39 is 5.60 Å². The molecule has 2 aromatic carbocycles. The van der Waals surface area contributed by atoms with Gasteiger partial charge in [0.1, 0.15) is 5.60 Å². The summed E-state index contributed by atoms with van der Waals surface area (Å²) in [5.41, 5.74) is 2.16. The summed E-state index contributed by atoms with van der Waals surface area (Å²) < 4.78 is 7.06. The molecule has 1 saturated carbocycles. The first-order valence-electron chi connectivity index (χ1n) is 8.35. The van der Waals surface area contributed by atoms with Crippen LogP contribution in [0.25, 0.3) is 6.08 Å². The first-order chi connectivity index (χ1) is 11.6. The minimum Gasteiger partial charge on any atom is -0.451 e. The van der Waals surface area contributed by atoms with Gasteiger partial charge in [0, 0.05) is 3.57 Å². The number of carbonyl (C=O) groups excluding carboxylic acids is 1. The molecule has 3 heteroatoms. The smallest absolute Gasteiger partial charge is 0.340 e. The van der Waals surface area contributed by atoms with Crippen molar-refractivity contribution in [1.82, 2.24) is 0 Å². The molecule has 0 atom stereocenters. The van der Waals surface area contributed by atoms with Gasteiger partial charge in [0.2, 0.25) is 0 Å². The highest BCUT2D eigenvalue weighted by Gasteiger charge is 2.38. The summed E-state index contributed by atoms with van der Waals surface area (Å²) in [7, 11) is 0. The molecular formula is C21H21IO2. The fourth-order valence-electron chi connectivity index (χ4n) is 3.37. The third kappa shape index (κ3) is 3.56. The van der Waals surface area contributed by atoms with Gasteiger partial charge in [-0.3, -0.25) is 0 Å². The monoisotopic (exact) mass is 432 g/mol. The molecule has 24 heavy (non-hydrogen) atoms. The van der Waals surface area contributed by atoms with Crippen molar-refractivity contribution in [2.75, 3.05) is 0 Å². The minimum atomic E-state index is -0.496. The molecule has 1 aliphatic rings. The highest BCUT2D eigenvalue weighted by molar-refractivity contribution is 14.1. The van der Waals surface area contributed by atoms with E-state index in [4.69, 9.17) is 4.74 Å². The minimum absolute atomic E-state index is 0.242. The number of ether oxygens (including phenoxy) is 1. The van der Waals surface area contributed by atoms with Crippen molar-refractivity contribution in [3.05, 3.63) is 75.4 Å². The highest BCUT2D eigenvalue weighted by Crippen LogP contribution is 2.41. The second kappa shape index (κ2) is 7.51. The van der Waals surface area contributed by atoms with Crippen molar-refractivity contribution in [1.29, 1.82) is 0 Å². The van der Waals surface area contributed by atoms with Gasteiger partial charge in [-0.2, -0.15) is 0 Å². The SMILES string of the molecule is C=Cc1ccc(I)c(C(=O)OC2(c3ccccc3)CCCCC2)c1. The second-order valence-corrected chi connectivity index (χ2v) is 7.42. The maximum atomic E-state index is 12.9. The van der Waals surface area contributed by atoms with Crippen molar-refractivity contribution < 1.29 is 9.53 Å². The molecule has 0 bridgehead atoms. The lowest BCUT2D eigenvalue weighted by Crippen LogP contribution is -2.35. The molecule has 0 N–H and O–H groups in total. The van der Waals surface area contributed by atoms with Crippen LogP contribution in [0.4, 0.5) is 0 Å². The van der Waals surface area contributed by atoms with Crippen LogP contribution in [0.1, 0.15) is 53.6 Å². The zero-order valence-electron chi connectivity index (χ0n) is 13.6. The van der Waals surface area contributed by atoms with Crippen molar-refractivity contribution in [3.63, 3.8) is 0 Å². The van der Waals surface area contributed by atoms with E-state index >= 15 is 0 Å². The van der Waals surface area contributed by atoms with Crippen LogP contribution in [0, 0.1) is 3.57 Å². The number of halogens is 1. The van der Waals surface area contributed by atoms with Gasteiger partial charge < -0.3 is 4.74 Å². The molecule has 2 aromatic rings. The number of benzene rings is 2. The Balaban J connectivity index is 1.93. The van der Waals surface area contributed by atoms with E-state index in [1.165, 1.54) is 6.42 Å². The Morgan fingerprint density at radius 2 is 1.79 bits per heavy atom.